The summed E-state index contributed by atoms with van der Waals surface area (Å²) in [6.07, 6.45) is 5.42. The number of aryl methyl sites for hydroxylation is 3. The van der Waals surface area contributed by atoms with Crippen LogP contribution in [0.2, 0.25) is 5.15 Å². The van der Waals surface area contributed by atoms with Crippen LogP contribution in [-0.4, -0.2) is 66.3 Å². The van der Waals surface area contributed by atoms with Crippen molar-refractivity contribution in [1.29, 1.82) is 0 Å². The lowest BCUT2D eigenvalue weighted by Crippen LogP contribution is -2.31. The average molecular weight is 422 g/mol. The fourth-order valence-corrected chi connectivity index (χ4v) is 3.63. The first-order chi connectivity index (χ1) is 14.0. The van der Waals surface area contributed by atoms with Crippen molar-refractivity contribution in [1.82, 2.24) is 34.6 Å². The lowest BCUT2D eigenvalue weighted by atomic mass is 9.98. The molecule has 3 aromatic rings. The third-order valence-corrected chi connectivity index (χ3v) is 5.00. The minimum absolute atomic E-state index is 0.250. The maximum atomic E-state index is 8.36. The van der Waals surface area contributed by atoms with Crippen molar-refractivity contribution in [2.75, 3.05) is 20.1 Å². The van der Waals surface area contributed by atoms with E-state index in [1.807, 2.05) is 17.8 Å². The van der Waals surface area contributed by atoms with E-state index in [0.29, 0.717) is 23.9 Å². The van der Waals surface area contributed by atoms with E-state index < -0.39 is 0 Å². The largest absolute Gasteiger partial charge is 0.483 e. The van der Waals surface area contributed by atoms with Gasteiger partial charge in [0, 0.05) is 44.5 Å². The first kappa shape index (κ1) is 21.0. The smallest absolute Gasteiger partial charge is 0.290 e. The number of piperidine rings is 1. The van der Waals surface area contributed by atoms with Gasteiger partial charge in [-0.15, -0.1) is 5.10 Å². The number of hydrogen-bond donors (Lipinski definition) is 1. The number of rotatable bonds is 5. The van der Waals surface area contributed by atoms with E-state index in [0.717, 1.165) is 42.7 Å². The molecule has 1 aliphatic rings. The van der Waals surface area contributed by atoms with Gasteiger partial charge in [-0.2, -0.15) is 9.78 Å². The molecule has 4 rings (SSSR count). The van der Waals surface area contributed by atoms with Crippen LogP contribution in [0.15, 0.2) is 22.9 Å². The molecule has 0 amide bonds. The van der Waals surface area contributed by atoms with Crippen LogP contribution >= 0.6 is 11.6 Å². The number of halogens is 1. The number of aromatic nitrogens is 6. The summed E-state index contributed by atoms with van der Waals surface area (Å²) in [5.41, 5.74) is 0. The normalized spacial score (nSPS) is 17.0. The minimum Gasteiger partial charge on any atom is -0.483 e. The summed E-state index contributed by atoms with van der Waals surface area (Å²) in [6.45, 7) is 1.88. The third-order valence-electron chi connectivity index (χ3n) is 4.82. The highest BCUT2D eigenvalue weighted by Crippen LogP contribution is 2.25. The van der Waals surface area contributed by atoms with Crippen molar-refractivity contribution in [2.45, 2.75) is 31.6 Å². The van der Waals surface area contributed by atoms with Crippen LogP contribution < -0.4 is 0 Å². The number of hydrogen-bond acceptors (Lipinski definition) is 7. The minimum atomic E-state index is -0.250. The molecule has 0 aliphatic carbocycles. The molecule has 156 valence electrons. The number of carbonyl (C=O) groups is 1. The molecule has 1 saturated heterocycles. The summed E-state index contributed by atoms with van der Waals surface area (Å²) >= 11 is 5.84. The van der Waals surface area contributed by atoms with Gasteiger partial charge < -0.3 is 14.5 Å². The van der Waals surface area contributed by atoms with E-state index in [2.05, 4.69) is 22.2 Å². The van der Waals surface area contributed by atoms with Gasteiger partial charge in [-0.1, -0.05) is 16.8 Å². The zero-order chi connectivity index (χ0) is 20.8. The van der Waals surface area contributed by atoms with E-state index in [9.17, 15) is 0 Å². The van der Waals surface area contributed by atoms with Gasteiger partial charge in [0.25, 0.3) is 6.47 Å². The van der Waals surface area contributed by atoms with Gasteiger partial charge in [0.2, 0.25) is 0 Å². The monoisotopic (exact) mass is 421 g/mol. The summed E-state index contributed by atoms with van der Waals surface area (Å²) in [5, 5.41) is 20.1. The predicted molar refractivity (Wildman–Crippen MR) is 105 cm³/mol. The second-order valence-electron chi connectivity index (χ2n) is 6.93. The van der Waals surface area contributed by atoms with Crippen LogP contribution in [0.5, 0.6) is 0 Å². The van der Waals surface area contributed by atoms with Gasteiger partial charge in [-0.3, -0.25) is 9.48 Å². The molecule has 0 spiro atoms. The van der Waals surface area contributed by atoms with E-state index in [1.54, 1.807) is 16.9 Å². The third kappa shape index (κ3) is 5.21. The van der Waals surface area contributed by atoms with E-state index >= 15 is 0 Å². The molecule has 11 heteroatoms. The number of likely N-dealkylation sites (tertiary alicyclic amines) is 1. The van der Waals surface area contributed by atoms with Gasteiger partial charge in [-0.05, 0) is 26.4 Å². The average Bonchev–Trinajstić information content (AvgIpc) is 3.40. The second kappa shape index (κ2) is 9.66. The zero-order valence-corrected chi connectivity index (χ0v) is 17.2. The fraction of sp³-hybridized carbons (Fsp3) is 0.500. The fourth-order valence-electron chi connectivity index (χ4n) is 3.47. The Kier molecular flexibility index (Phi) is 6.99. The highest BCUT2D eigenvalue weighted by molar-refractivity contribution is 6.29. The van der Waals surface area contributed by atoms with Crippen molar-refractivity contribution in [3.63, 3.8) is 0 Å². The van der Waals surface area contributed by atoms with Gasteiger partial charge >= 0.3 is 0 Å². The first-order valence-electron chi connectivity index (χ1n) is 9.33. The van der Waals surface area contributed by atoms with Crippen molar-refractivity contribution in [3.05, 3.63) is 40.9 Å². The molecule has 29 heavy (non-hydrogen) atoms. The molecule has 1 N–H and O–H groups in total. The van der Waals surface area contributed by atoms with Crippen molar-refractivity contribution >= 4 is 18.1 Å². The number of carboxylic acid groups (broad SMARTS) is 1. The van der Waals surface area contributed by atoms with Gasteiger partial charge in [0.15, 0.2) is 16.8 Å². The lowest BCUT2D eigenvalue weighted by Gasteiger charge is -2.27. The SMILES string of the molecule is CN1CCCC(c2nc(CCc3cc(Cl)no3)n(-c3ccnn3C)n2)C1.O=CO. The van der Waals surface area contributed by atoms with Crippen molar-refractivity contribution in [3.8, 4) is 5.82 Å². The Balaban J connectivity index is 0.000000755. The summed E-state index contributed by atoms with van der Waals surface area (Å²) in [5.74, 6) is 3.81. The summed E-state index contributed by atoms with van der Waals surface area (Å²) in [4.78, 5) is 15.6. The Labute approximate surface area is 173 Å². The molecule has 10 nitrogen and oxygen atoms in total. The first-order valence-corrected chi connectivity index (χ1v) is 9.71. The molecule has 0 radical (unpaired) electrons. The Morgan fingerprint density at radius 3 is 2.79 bits per heavy atom. The molecule has 1 fully saturated rings. The van der Waals surface area contributed by atoms with Crippen molar-refractivity contribution < 1.29 is 14.4 Å². The Morgan fingerprint density at radius 2 is 2.17 bits per heavy atom. The van der Waals surface area contributed by atoms with Crippen LogP contribution in [-0.2, 0) is 24.7 Å². The Morgan fingerprint density at radius 1 is 1.38 bits per heavy atom. The van der Waals surface area contributed by atoms with E-state index in [4.69, 9.17) is 36.1 Å². The highest BCUT2D eigenvalue weighted by atomic mass is 35.5. The van der Waals surface area contributed by atoms with Crippen LogP contribution in [0, 0.1) is 0 Å². The quantitative estimate of drug-likeness (QED) is 0.621. The van der Waals surface area contributed by atoms with Gasteiger partial charge in [-0.25, -0.2) is 4.98 Å². The van der Waals surface area contributed by atoms with Crippen LogP contribution in [0.3, 0.4) is 0 Å². The molecule has 0 aromatic carbocycles. The summed E-state index contributed by atoms with van der Waals surface area (Å²) in [6, 6.07) is 3.68. The summed E-state index contributed by atoms with van der Waals surface area (Å²) < 4.78 is 8.92. The Hall–Kier alpha value is -2.72. The van der Waals surface area contributed by atoms with Crippen molar-refractivity contribution in [2.24, 2.45) is 7.05 Å². The molecule has 1 unspecified atom stereocenters. The Bertz CT molecular complexity index is 936. The standard InChI is InChI=1S/C17H22ClN7O.CH2O2/c1-23-9-3-4-12(11-23)17-20-15(6-5-13-10-14(18)22-26-13)25(21-17)16-7-8-19-24(16)2;2-1-3/h7-8,10,12H,3-6,9,11H2,1-2H3;1H,(H,2,3). The van der Waals surface area contributed by atoms with E-state index in [-0.39, 0.29) is 6.47 Å². The number of nitrogens with zero attached hydrogens (tertiary/aromatic N) is 7. The zero-order valence-electron chi connectivity index (χ0n) is 16.4. The lowest BCUT2D eigenvalue weighted by molar-refractivity contribution is -0.122. The predicted octanol–water partition coefficient (Wildman–Crippen LogP) is 1.94. The molecule has 1 aliphatic heterocycles. The molecule has 4 heterocycles. The van der Waals surface area contributed by atoms with Crippen LogP contribution in [0.25, 0.3) is 5.82 Å². The molecule has 1 atom stereocenters. The highest BCUT2D eigenvalue weighted by Gasteiger charge is 2.25. The molecular formula is C18H24ClN7O3. The van der Waals surface area contributed by atoms with Crippen LogP contribution in [0.4, 0.5) is 0 Å². The van der Waals surface area contributed by atoms with Gasteiger partial charge in [0.1, 0.15) is 11.6 Å². The van der Waals surface area contributed by atoms with Gasteiger partial charge in [0.05, 0.1) is 6.20 Å². The molecule has 0 saturated carbocycles. The van der Waals surface area contributed by atoms with Crippen LogP contribution in [0.1, 0.15) is 36.2 Å². The van der Waals surface area contributed by atoms with E-state index in [1.165, 1.54) is 6.42 Å². The molecule has 0 bridgehead atoms. The second-order valence-corrected chi connectivity index (χ2v) is 7.32. The number of likely N-dealkylation sites (N-methyl/N-ethyl adjacent to an activating group) is 1. The molecular weight excluding hydrogens is 398 g/mol. The maximum absolute atomic E-state index is 8.36. The molecule has 3 aromatic heterocycles. The maximum Gasteiger partial charge on any atom is 0.290 e. The topological polar surface area (TPSA) is 115 Å². The summed E-state index contributed by atoms with van der Waals surface area (Å²) in [7, 11) is 4.06.